The molecule has 11 heteroatoms. The zero-order valence-corrected chi connectivity index (χ0v) is 24.2. The summed E-state index contributed by atoms with van der Waals surface area (Å²) in [6.45, 7) is 8.74. The van der Waals surface area contributed by atoms with Gasteiger partial charge in [-0.2, -0.15) is 0 Å². The number of fused-ring (bicyclic) bond motifs is 2. The number of piperidine rings is 1. The van der Waals surface area contributed by atoms with Crippen molar-refractivity contribution < 1.29 is 33.5 Å². The van der Waals surface area contributed by atoms with Crippen molar-refractivity contribution in [3.05, 3.63) is 62.7 Å². The Hall–Kier alpha value is -3.57. The van der Waals surface area contributed by atoms with E-state index in [-0.39, 0.29) is 11.7 Å². The van der Waals surface area contributed by atoms with Crippen LogP contribution in [0.15, 0.2) is 34.9 Å². The summed E-state index contributed by atoms with van der Waals surface area (Å²) >= 11 is 1.94. The molecule has 41 heavy (non-hydrogen) atoms. The molecule has 9 nitrogen and oxygen atoms in total. The van der Waals surface area contributed by atoms with Crippen LogP contribution in [0.1, 0.15) is 65.6 Å². The van der Waals surface area contributed by atoms with Crippen molar-refractivity contribution in [2.75, 3.05) is 26.2 Å². The highest BCUT2D eigenvalue weighted by molar-refractivity contribution is 7.12. The zero-order chi connectivity index (χ0) is 29.5. The summed E-state index contributed by atoms with van der Waals surface area (Å²) in [5.41, 5.74) is 4.62. The van der Waals surface area contributed by atoms with Crippen molar-refractivity contribution >= 4 is 40.2 Å². The van der Waals surface area contributed by atoms with E-state index in [4.69, 9.17) is 14.7 Å². The van der Waals surface area contributed by atoms with Crippen LogP contribution in [0.3, 0.4) is 0 Å². The van der Waals surface area contributed by atoms with E-state index in [9.17, 15) is 18.8 Å². The maximum atomic E-state index is 13.5. The lowest BCUT2D eigenvalue weighted by Crippen LogP contribution is -2.34. The molecule has 1 fully saturated rings. The number of carboxylic acids is 2. The minimum absolute atomic E-state index is 0.181. The Kier molecular flexibility index (Phi) is 10.3. The van der Waals surface area contributed by atoms with Crippen molar-refractivity contribution in [1.82, 2.24) is 15.0 Å². The molecule has 0 bridgehead atoms. The number of benzene rings is 1. The molecule has 0 radical (unpaired) electrons. The van der Waals surface area contributed by atoms with Gasteiger partial charge < -0.3 is 24.5 Å². The van der Waals surface area contributed by atoms with E-state index in [0.29, 0.717) is 23.7 Å². The lowest BCUT2D eigenvalue weighted by molar-refractivity contribution is -0.134. The molecule has 1 amide bonds. The highest BCUT2D eigenvalue weighted by atomic mass is 32.1. The third-order valence-electron chi connectivity index (χ3n) is 7.66. The molecule has 4 heterocycles. The fraction of sp³-hybridized carbons (Fsp3) is 0.467. The van der Waals surface area contributed by atoms with Crippen molar-refractivity contribution in [2.24, 2.45) is 0 Å². The Labute approximate surface area is 242 Å². The second kappa shape index (κ2) is 13.9. The average molecular weight is 586 g/mol. The van der Waals surface area contributed by atoms with Crippen LogP contribution in [0.2, 0.25) is 0 Å². The van der Waals surface area contributed by atoms with Gasteiger partial charge in [0.2, 0.25) is 5.91 Å². The molecule has 0 atom stereocenters. The van der Waals surface area contributed by atoms with Gasteiger partial charge >= 0.3 is 11.9 Å². The summed E-state index contributed by atoms with van der Waals surface area (Å²) in [5, 5.41) is 20.9. The van der Waals surface area contributed by atoms with Crippen LogP contribution >= 0.6 is 11.3 Å². The van der Waals surface area contributed by atoms with Crippen LogP contribution in [0.25, 0.3) is 11.0 Å². The van der Waals surface area contributed by atoms with E-state index in [2.05, 4.69) is 17.0 Å². The number of aliphatic carboxylic acids is 2. The highest BCUT2D eigenvalue weighted by Gasteiger charge is 2.27. The van der Waals surface area contributed by atoms with Crippen LogP contribution in [0.4, 0.5) is 4.39 Å². The van der Waals surface area contributed by atoms with Crippen LogP contribution in [0, 0.1) is 5.82 Å². The Morgan fingerprint density at radius 1 is 1.12 bits per heavy atom. The van der Waals surface area contributed by atoms with Crippen molar-refractivity contribution in [2.45, 2.75) is 64.8 Å². The summed E-state index contributed by atoms with van der Waals surface area (Å²) in [4.78, 5) is 38.4. The van der Waals surface area contributed by atoms with Crippen molar-refractivity contribution in [3.63, 3.8) is 0 Å². The Morgan fingerprint density at radius 2 is 1.83 bits per heavy atom. The molecule has 3 aromatic rings. The fourth-order valence-corrected chi connectivity index (χ4v) is 7.00. The standard InChI is InChI=1S/C26H32FN3O2S.C4H4O4/c1-3-4-20-21-9-14-30(17(2)31)16-25(21)33-24(20)10-13-29-11-7-18(8-12-29)26-22-6-5-19(27)15-23(22)32-28-26;5-3(6)1-2-4(7)8/h5-6,15,18H,3-4,7-14,16H2,1-2H3;1-2H,(H,5,6)(H,7,8). The Balaban J connectivity index is 0.000000426. The predicted octanol–water partition coefficient (Wildman–Crippen LogP) is 5.02. The summed E-state index contributed by atoms with van der Waals surface area (Å²) in [6.07, 6.45) is 7.61. The molecule has 2 N–H and O–H groups in total. The largest absolute Gasteiger partial charge is 0.478 e. The smallest absolute Gasteiger partial charge is 0.328 e. The number of hydrogen-bond acceptors (Lipinski definition) is 7. The van der Waals surface area contributed by atoms with Gasteiger partial charge in [-0.1, -0.05) is 18.5 Å². The monoisotopic (exact) mass is 585 g/mol. The lowest BCUT2D eigenvalue weighted by Gasteiger charge is -2.31. The first kappa shape index (κ1) is 30.4. The number of thiophene rings is 1. The maximum absolute atomic E-state index is 13.5. The molecule has 2 aromatic heterocycles. The van der Waals surface area contributed by atoms with Crippen molar-refractivity contribution in [3.8, 4) is 0 Å². The number of rotatable bonds is 8. The summed E-state index contributed by atoms with van der Waals surface area (Å²) in [6, 6.07) is 4.71. The zero-order valence-electron chi connectivity index (χ0n) is 23.4. The molecule has 5 rings (SSSR count). The number of carbonyl (C=O) groups excluding carboxylic acids is 1. The topological polar surface area (TPSA) is 124 Å². The van der Waals surface area contributed by atoms with Crippen molar-refractivity contribution in [1.29, 1.82) is 0 Å². The predicted molar refractivity (Wildman–Crippen MR) is 154 cm³/mol. The van der Waals surface area contributed by atoms with Crippen LogP contribution in [0.5, 0.6) is 0 Å². The number of carbonyl (C=O) groups is 3. The number of aromatic nitrogens is 1. The molecule has 1 saturated heterocycles. The molecule has 0 aliphatic carbocycles. The van der Waals surface area contributed by atoms with Gasteiger partial charge in [-0.05, 0) is 68.5 Å². The van der Waals surface area contributed by atoms with E-state index in [1.54, 1.807) is 18.6 Å². The quantitative estimate of drug-likeness (QED) is 0.353. The SMILES string of the molecule is CCCc1c(CCN2CCC(c3noc4cc(F)ccc34)CC2)sc2c1CCN(C(C)=O)C2.O=C(O)C=CC(=O)O. The molecular weight excluding hydrogens is 549 g/mol. The minimum atomic E-state index is -1.26. The van der Waals surface area contributed by atoms with E-state index >= 15 is 0 Å². The fourth-order valence-electron chi connectivity index (χ4n) is 5.59. The summed E-state index contributed by atoms with van der Waals surface area (Å²) in [7, 11) is 0. The maximum Gasteiger partial charge on any atom is 0.328 e. The highest BCUT2D eigenvalue weighted by Crippen LogP contribution is 2.36. The number of hydrogen-bond donors (Lipinski definition) is 2. The molecule has 2 aliphatic rings. The third-order valence-corrected chi connectivity index (χ3v) is 8.97. The van der Waals surface area contributed by atoms with Crippen LogP contribution < -0.4 is 0 Å². The van der Waals surface area contributed by atoms with Gasteiger partial charge in [0.05, 0.1) is 12.2 Å². The van der Waals surface area contributed by atoms with Crippen LogP contribution in [-0.2, 0) is 40.2 Å². The van der Waals surface area contributed by atoms with E-state index in [0.717, 1.165) is 82.3 Å². The van der Waals surface area contributed by atoms with Gasteiger partial charge in [0.25, 0.3) is 0 Å². The molecular formula is C30H36FN3O6S. The van der Waals surface area contributed by atoms with Gasteiger partial charge in [0.1, 0.15) is 5.82 Å². The number of amides is 1. The molecule has 0 spiro atoms. The first-order chi connectivity index (χ1) is 19.7. The molecule has 2 aliphatic heterocycles. The van der Waals surface area contributed by atoms with Gasteiger partial charge in [0, 0.05) is 59.3 Å². The molecule has 1 aromatic carbocycles. The number of carboxylic acid groups (broad SMARTS) is 2. The van der Waals surface area contributed by atoms with E-state index < -0.39 is 11.9 Å². The number of halogens is 1. The van der Waals surface area contributed by atoms with Gasteiger partial charge in [0.15, 0.2) is 5.58 Å². The molecule has 0 unspecified atom stereocenters. The second-order valence-corrected chi connectivity index (χ2v) is 11.6. The van der Waals surface area contributed by atoms with Gasteiger partial charge in [-0.3, -0.25) is 4.79 Å². The number of nitrogens with zero attached hydrogens (tertiary/aromatic N) is 3. The first-order valence-electron chi connectivity index (χ1n) is 13.9. The Morgan fingerprint density at radius 3 is 2.46 bits per heavy atom. The molecule has 220 valence electrons. The van der Waals surface area contributed by atoms with Gasteiger partial charge in [-0.25, -0.2) is 14.0 Å². The minimum Gasteiger partial charge on any atom is -0.478 e. The normalized spacial score (nSPS) is 16.0. The van der Waals surface area contributed by atoms with E-state index in [1.165, 1.54) is 27.5 Å². The summed E-state index contributed by atoms with van der Waals surface area (Å²) in [5.74, 6) is -2.25. The third kappa shape index (κ3) is 7.80. The number of likely N-dealkylation sites (tertiary alicyclic amines) is 1. The first-order valence-corrected chi connectivity index (χ1v) is 14.8. The van der Waals surface area contributed by atoms with E-state index in [1.807, 2.05) is 16.2 Å². The van der Waals surface area contributed by atoms with Crippen LogP contribution in [-0.4, -0.2) is 69.2 Å². The lowest BCUT2D eigenvalue weighted by atomic mass is 9.91. The summed E-state index contributed by atoms with van der Waals surface area (Å²) < 4.78 is 18.8. The Bertz CT molecular complexity index is 1410. The van der Waals surface area contributed by atoms with Gasteiger partial charge in [-0.15, -0.1) is 11.3 Å². The second-order valence-electron chi connectivity index (χ2n) is 10.4. The average Bonchev–Trinajstić information content (AvgIpc) is 3.52. The molecule has 0 saturated carbocycles.